The highest BCUT2D eigenvalue weighted by Gasteiger charge is 2.30. The van der Waals surface area contributed by atoms with Crippen LogP contribution in [-0.4, -0.2) is 71.1 Å². The molecule has 31 heavy (non-hydrogen) atoms. The van der Waals surface area contributed by atoms with E-state index in [0.29, 0.717) is 40.7 Å². The number of piperazine rings is 1. The van der Waals surface area contributed by atoms with Gasteiger partial charge in [0.15, 0.2) is 5.65 Å². The van der Waals surface area contributed by atoms with Crippen LogP contribution in [0.5, 0.6) is 0 Å². The molecule has 0 amide bonds. The zero-order valence-electron chi connectivity index (χ0n) is 17.4. The van der Waals surface area contributed by atoms with Crippen molar-refractivity contribution >= 4 is 22.8 Å². The summed E-state index contributed by atoms with van der Waals surface area (Å²) in [4.78, 5) is 13.7. The zero-order chi connectivity index (χ0) is 22.2. The van der Waals surface area contributed by atoms with Crippen molar-refractivity contribution in [3.05, 3.63) is 29.8 Å². The molecule has 0 saturated carbocycles. The number of halogens is 3. The Kier molecular flexibility index (Phi) is 5.71. The third-order valence-corrected chi connectivity index (χ3v) is 5.48. The van der Waals surface area contributed by atoms with Gasteiger partial charge in [-0.15, -0.1) is 0 Å². The molecule has 8 nitrogen and oxygen atoms in total. The van der Waals surface area contributed by atoms with Gasteiger partial charge in [0.05, 0.1) is 23.3 Å². The summed E-state index contributed by atoms with van der Waals surface area (Å²) in [6, 6.07) is 4.90. The fourth-order valence-corrected chi connectivity index (χ4v) is 3.66. The maximum absolute atomic E-state index is 13.0. The number of nitrogens with zero attached hydrogens (tertiary/aromatic N) is 6. The molecule has 11 heteroatoms. The van der Waals surface area contributed by atoms with Crippen LogP contribution in [0.2, 0.25) is 0 Å². The van der Waals surface area contributed by atoms with E-state index in [2.05, 4.69) is 19.9 Å². The van der Waals surface area contributed by atoms with Crippen LogP contribution < -0.4 is 10.6 Å². The molecule has 3 aromatic rings. The summed E-state index contributed by atoms with van der Waals surface area (Å²) in [6.45, 7) is 4.66. The molecular weight excluding hydrogens is 411 g/mol. The molecule has 4 rings (SSSR count). The topological polar surface area (TPSA) is 85.3 Å². The number of aromatic nitrogens is 4. The molecule has 166 valence electrons. The number of ether oxygens (including phenoxy) is 1. The minimum Gasteiger partial charge on any atom is -0.383 e. The predicted molar refractivity (Wildman–Crippen MR) is 112 cm³/mol. The fourth-order valence-electron chi connectivity index (χ4n) is 3.66. The molecule has 1 aliphatic rings. The SMILES string of the molecule is COCCN1CCN(c2nc(-c3ccc(C(F)(F)F)cc3)c3c(N)n(C)nc3n2)CC1. The molecule has 1 aliphatic heterocycles. The molecule has 0 bridgehead atoms. The first-order chi connectivity index (χ1) is 14.8. The second-order valence-electron chi connectivity index (χ2n) is 7.48. The number of fused-ring (bicyclic) bond motifs is 1. The van der Waals surface area contributed by atoms with Gasteiger partial charge in [0.1, 0.15) is 5.82 Å². The summed E-state index contributed by atoms with van der Waals surface area (Å²) in [5.74, 6) is 0.854. The van der Waals surface area contributed by atoms with E-state index in [4.69, 9.17) is 15.5 Å². The Morgan fingerprint density at radius 2 is 1.74 bits per heavy atom. The van der Waals surface area contributed by atoms with Gasteiger partial charge in [-0.25, -0.2) is 4.98 Å². The molecule has 1 fully saturated rings. The normalized spacial score (nSPS) is 15.7. The van der Waals surface area contributed by atoms with Gasteiger partial charge in [0.25, 0.3) is 0 Å². The molecule has 0 unspecified atom stereocenters. The number of hydrogen-bond donors (Lipinski definition) is 1. The number of nitrogen functional groups attached to an aromatic ring is 1. The second kappa shape index (κ2) is 8.31. The molecule has 0 spiro atoms. The van der Waals surface area contributed by atoms with Crippen LogP contribution in [0, 0.1) is 0 Å². The van der Waals surface area contributed by atoms with Crippen molar-refractivity contribution < 1.29 is 17.9 Å². The third-order valence-electron chi connectivity index (χ3n) is 5.48. The molecule has 1 aromatic carbocycles. The first-order valence-electron chi connectivity index (χ1n) is 9.92. The van der Waals surface area contributed by atoms with E-state index < -0.39 is 11.7 Å². The predicted octanol–water partition coefficient (Wildman–Crippen LogP) is 2.40. The summed E-state index contributed by atoms with van der Waals surface area (Å²) in [6.07, 6.45) is -4.40. The van der Waals surface area contributed by atoms with Gasteiger partial charge in [-0.3, -0.25) is 9.58 Å². The number of alkyl halides is 3. The number of hydrogen-bond acceptors (Lipinski definition) is 7. The summed E-state index contributed by atoms with van der Waals surface area (Å²) in [7, 11) is 3.38. The van der Waals surface area contributed by atoms with Crippen LogP contribution in [0.4, 0.5) is 24.9 Å². The molecule has 1 saturated heterocycles. The maximum Gasteiger partial charge on any atom is 0.416 e. The highest BCUT2D eigenvalue weighted by Crippen LogP contribution is 2.34. The smallest absolute Gasteiger partial charge is 0.383 e. The molecule has 0 aliphatic carbocycles. The molecule has 3 heterocycles. The Labute approximate surface area is 177 Å². The van der Waals surface area contributed by atoms with Crippen molar-refractivity contribution in [2.45, 2.75) is 6.18 Å². The molecule has 2 aromatic heterocycles. The Morgan fingerprint density at radius 1 is 1.06 bits per heavy atom. The van der Waals surface area contributed by atoms with Gasteiger partial charge in [0.2, 0.25) is 5.95 Å². The summed E-state index contributed by atoms with van der Waals surface area (Å²) in [5.41, 5.74) is 6.88. The first-order valence-corrected chi connectivity index (χ1v) is 9.92. The van der Waals surface area contributed by atoms with Crippen molar-refractivity contribution in [1.29, 1.82) is 0 Å². The monoisotopic (exact) mass is 435 g/mol. The van der Waals surface area contributed by atoms with Crippen LogP contribution in [0.25, 0.3) is 22.3 Å². The fraction of sp³-hybridized carbons (Fsp3) is 0.450. The Hall–Kier alpha value is -2.92. The van der Waals surface area contributed by atoms with Crippen LogP contribution in [0.15, 0.2) is 24.3 Å². The molecule has 0 radical (unpaired) electrons. The number of aryl methyl sites for hydroxylation is 1. The van der Waals surface area contributed by atoms with Crippen LogP contribution in [-0.2, 0) is 18.0 Å². The van der Waals surface area contributed by atoms with E-state index in [9.17, 15) is 13.2 Å². The lowest BCUT2D eigenvalue weighted by Crippen LogP contribution is -2.47. The Morgan fingerprint density at radius 3 is 2.35 bits per heavy atom. The molecule has 2 N–H and O–H groups in total. The Bertz CT molecular complexity index is 1060. The lowest BCUT2D eigenvalue weighted by Gasteiger charge is -2.34. The third kappa shape index (κ3) is 4.28. The van der Waals surface area contributed by atoms with Gasteiger partial charge in [0, 0.05) is 52.4 Å². The minimum absolute atomic E-state index is 0.362. The van der Waals surface area contributed by atoms with E-state index in [1.807, 2.05) is 0 Å². The lowest BCUT2D eigenvalue weighted by atomic mass is 10.1. The van der Waals surface area contributed by atoms with Crippen molar-refractivity contribution in [2.75, 3.05) is 57.1 Å². The van der Waals surface area contributed by atoms with Gasteiger partial charge in [-0.1, -0.05) is 12.1 Å². The van der Waals surface area contributed by atoms with Crippen molar-refractivity contribution in [2.24, 2.45) is 7.05 Å². The molecule has 0 atom stereocenters. The van der Waals surface area contributed by atoms with E-state index >= 15 is 0 Å². The zero-order valence-corrected chi connectivity index (χ0v) is 17.4. The summed E-state index contributed by atoms with van der Waals surface area (Å²) < 4.78 is 45.6. The van der Waals surface area contributed by atoms with E-state index in [-0.39, 0.29) is 0 Å². The van der Waals surface area contributed by atoms with Crippen LogP contribution in [0.1, 0.15) is 5.56 Å². The highest BCUT2D eigenvalue weighted by molar-refractivity contribution is 5.98. The average molecular weight is 435 g/mol. The number of anilines is 2. The average Bonchev–Trinajstić information content (AvgIpc) is 3.05. The van der Waals surface area contributed by atoms with Gasteiger partial charge >= 0.3 is 6.18 Å². The summed E-state index contributed by atoms with van der Waals surface area (Å²) in [5, 5.41) is 4.91. The van der Waals surface area contributed by atoms with Crippen LogP contribution >= 0.6 is 0 Å². The number of methoxy groups -OCH3 is 1. The van der Waals surface area contributed by atoms with Gasteiger partial charge in [-0.2, -0.15) is 23.3 Å². The van der Waals surface area contributed by atoms with E-state index in [1.54, 1.807) is 14.2 Å². The first kappa shape index (κ1) is 21.3. The van der Waals surface area contributed by atoms with Crippen molar-refractivity contribution in [3.63, 3.8) is 0 Å². The minimum atomic E-state index is -4.40. The second-order valence-corrected chi connectivity index (χ2v) is 7.48. The number of nitrogens with two attached hydrogens (primary N) is 1. The van der Waals surface area contributed by atoms with Gasteiger partial charge in [-0.05, 0) is 12.1 Å². The maximum atomic E-state index is 13.0. The largest absolute Gasteiger partial charge is 0.416 e. The van der Waals surface area contributed by atoms with Crippen LogP contribution in [0.3, 0.4) is 0 Å². The summed E-state index contributed by atoms with van der Waals surface area (Å²) >= 11 is 0. The Balaban J connectivity index is 1.70. The van der Waals surface area contributed by atoms with Crippen molar-refractivity contribution in [3.8, 4) is 11.3 Å². The van der Waals surface area contributed by atoms with E-state index in [0.717, 1.165) is 44.9 Å². The number of benzene rings is 1. The van der Waals surface area contributed by atoms with Crippen molar-refractivity contribution in [1.82, 2.24) is 24.6 Å². The van der Waals surface area contributed by atoms with E-state index in [1.165, 1.54) is 16.8 Å². The lowest BCUT2D eigenvalue weighted by molar-refractivity contribution is -0.137. The highest BCUT2D eigenvalue weighted by atomic mass is 19.4. The van der Waals surface area contributed by atoms with Gasteiger partial charge < -0.3 is 15.4 Å². The quantitative estimate of drug-likeness (QED) is 0.659. The number of rotatable bonds is 5. The molecular formula is C20H24F3N7O. The standard InChI is InChI=1S/C20H24F3N7O/c1-28-17(24)15-16(13-3-5-14(6-4-13)20(21,22)23)25-19(26-18(15)27-28)30-9-7-29(8-10-30)11-12-31-2/h3-6H,7-12,24H2,1-2H3.